The normalized spacial score (nSPS) is 26.3. The Bertz CT molecular complexity index is 673. The van der Waals surface area contributed by atoms with Gasteiger partial charge in [-0.05, 0) is 31.4 Å². The van der Waals surface area contributed by atoms with E-state index in [0.717, 1.165) is 37.2 Å². The van der Waals surface area contributed by atoms with E-state index >= 15 is 0 Å². The molecule has 0 aromatic heterocycles. The standard InChI is InChI=1S/C18H23N3O3/c1-24-15-4-2-3-14(9-15)21-12-18(10-16(21)22)7-8-20(11-18)17(23)19-13-5-6-13/h2-4,9,13H,5-8,10-12H2,1H3,(H,19,23). The maximum Gasteiger partial charge on any atom is 0.317 e. The highest BCUT2D eigenvalue weighted by Crippen LogP contribution is 2.42. The van der Waals surface area contributed by atoms with Crippen molar-refractivity contribution in [1.82, 2.24) is 10.2 Å². The van der Waals surface area contributed by atoms with Gasteiger partial charge in [0.1, 0.15) is 5.75 Å². The highest BCUT2D eigenvalue weighted by molar-refractivity contribution is 5.96. The molecule has 3 amide bonds. The van der Waals surface area contributed by atoms with Crippen molar-refractivity contribution in [2.75, 3.05) is 31.6 Å². The molecule has 0 radical (unpaired) electrons. The maximum absolute atomic E-state index is 12.6. The van der Waals surface area contributed by atoms with Gasteiger partial charge >= 0.3 is 6.03 Å². The molecule has 3 fully saturated rings. The van der Waals surface area contributed by atoms with E-state index in [0.29, 0.717) is 25.6 Å². The molecule has 6 nitrogen and oxygen atoms in total. The molecule has 1 aliphatic carbocycles. The highest BCUT2D eigenvalue weighted by atomic mass is 16.5. The van der Waals surface area contributed by atoms with E-state index in [1.165, 1.54) is 0 Å². The zero-order chi connectivity index (χ0) is 16.7. The van der Waals surface area contributed by atoms with Gasteiger partial charge in [0.05, 0.1) is 7.11 Å². The number of benzene rings is 1. The molecule has 0 bridgehead atoms. The Balaban J connectivity index is 1.46. The number of urea groups is 1. The number of methoxy groups -OCH3 is 1. The molecule has 1 unspecified atom stereocenters. The number of rotatable bonds is 3. The van der Waals surface area contributed by atoms with Crippen molar-refractivity contribution in [2.45, 2.75) is 31.7 Å². The molecule has 1 aromatic rings. The molecule has 3 aliphatic rings. The van der Waals surface area contributed by atoms with E-state index in [1.54, 1.807) is 7.11 Å². The molecule has 1 saturated carbocycles. The second-order valence-corrected chi connectivity index (χ2v) is 7.25. The fraction of sp³-hybridized carbons (Fsp3) is 0.556. The first-order valence-electron chi connectivity index (χ1n) is 8.58. The van der Waals surface area contributed by atoms with Crippen molar-refractivity contribution in [3.05, 3.63) is 24.3 Å². The lowest BCUT2D eigenvalue weighted by molar-refractivity contribution is -0.117. The Morgan fingerprint density at radius 2 is 2.17 bits per heavy atom. The number of hydrogen-bond acceptors (Lipinski definition) is 3. The Labute approximate surface area is 141 Å². The Morgan fingerprint density at radius 3 is 2.92 bits per heavy atom. The fourth-order valence-corrected chi connectivity index (χ4v) is 3.78. The molecular weight excluding hydrogens is 306 g/mol. The Hall–Kier alpha value is -2.24. The van der Waals surface area contributed by atoms with Crippen LogP contribution in [0.4, 0.5) is 10.5 Å². The number of hydrogen-bond donors (Lipinski definition) is 1. The van der Waals surface area contributed by atoms with E-state index in [1.807, 2.05) is 34.1 Å². The highest BCUT2D eigenvalue weighted by Gasteiger charge is 2.49. The van der Waals surface area contributed by atoms with Crippen molar-refractivity contribution >= 4 is 17.6 Å². The van der Waals surface area contributed by atoms with Gasteiger partial charge in [-0.15, -0.1) is 0 Å². The number of amides is 3. The molecule has 2 saturated heterocycles. The maximum atomic E-state index is 12.6. The lowest BCUT2D eigenvalue weighted by Crippen LogP contribution is -2.41. The van der Waals surface area contributed by atoms with Crippen LogP contribution in [0.5, 0.6) is 5.75 Å². The van der Waals surface area contributed by atoms with Gasteiger partial charge in [0, 0.05) is 49.3 Å². The average molecular weight is 329 g/mol. The van der Waals surface area contributed by atoms with Gasteiger partial charge < -0.3 is 19.9 Å². The van der Waals surface area contributed by atoms with Gasteiger partial charge in [0.15, 0.2) is 0 Å². The molecule has 128 valence electrons. The second-order valence-electron chi connectivity index (χ2n) is 7.25. The van der Waals surface area contributed by atoms with Crippen LogP contribution in [0.1, 0.15) is 25.7 Å². The number of nitrogens with one attached hydrogen (secondary N) is 1. The summed E-state index contributed by atoms with van der Waals surface area (Å²) in [6, 6.07) is 8.00. The average Bonchev–Trinajstić information content (AvgIpc) is 3.21. The number of nitrogens with zero attached hydrogens (tertiary/aromatic N) is 2. The first kappa shape index (κ1) is 15.3. The Morgan fingerprint density at radius 1 is 1.33 bits per heavy atom. The number of carbonyl (C=O) groups excluding carboxylic acids is 2. The molecule has 1 spiro atoms. The van der Waals surface area contributed by atoms with E-state index in [4.69, 9.17) is 4.74 Å². The molecule has 4 rings (SSSR count). The van der Waals surface area contributed by atoms with Crippen molar-refractivity contribution in [2.24, 2.45) is 5.41 Å². The summed E-state index contributed by atoms with van der Waals surface area (Å²) in [5.74, 6) is 0.880. The van der Waals surface area contributed by atoms with E-state index < -0.39 is 0 Å². The summed E-state index contributed by atoms with van der Waals surface area (Å²) in [5, 5.41) is 3.04. The topological polar surface area (TPSA) is 61.9 Å². The third kappa shape index (κ3) is 2.81. The van der Waals surface area contributed by atoms with E-state index in [9.17, 15) is 9.59 Å². The van der Waals surface area contributed by atoms with Gasteiger partial charge in [-0.3, -0.25) is 4.79 Å². The van der Waals surface area contributed by atoms with Crippen LogP contribution >= 0.6 is 0 Å². The van der Waals surface area contributed by atoms with Gasteiger partial charge in [-0.2, -0.15) is 0 Å². The van der Waals surface area contributed by atoms with Crippen LogP contribution in [0, 0.1) is 5.41 Å². The van der Waals surface area contributed by atoms with Crippen molar-refractivity contribution in [1.29, 1.82) is 0 Å². The lowest BCUT2D eigenvalue weighted by Gasteiger charge is -2.24. The first-order valence-corrected chi connectivity index (χ1v) is 8.58. The van der Waals surface area contributed by atoms with Gasteiger partial charge in [0.25, 0.3) is 0 Å². The SMILES string of the molecule is COc1cccc(N2CC3(CCN(C(=O)NC4CC4)C3)CC2=O)c1. The first-order chi connectivity index (χ1) is 11.6. The molecule has 2 aliphatic heterocycles. The van der Waals surface area contributed by atoms with Crippen molar-refractivity contribution in [3.63, 3.8) is 0 Å². The predicted octanol–water partition coefficient (Wildman–Crippen LogP) is 2.00. The van der Waals surface area contributed by atoms with E-state index in [2.05, 4.69) is 5.32 Å². The van der Waals surface area contributed by atoms with Crippen LogP contribution in [0.3, 0.4) is 0 Å². The quantitative estimate of drug-likeness (QED) is 0.922. The number of anilines is 1. The van der Waals surface area contributed by atoms with Gasteiger partial charge in [-0.1, -0.05) is 6.07 Å². The number of ether oxygens (including phenoxy) is 1. The summed E-state index contributed by atoms with van der Waals surface area (Å²) in [4.78, 5) is 28.5. The minimum atomic E-state index is -0.110. The van der Waals surface area contributed by atoms with Crippen LogP contribution in [0.2, 0.25) is 0 Å². The van der Waals surface area contributed by atoms with Crippen LogP contribution in [-0.4, -0.2) is 49.6 Å². The van der Waals surface area contributed by atoms with Crippen LogP contribution < -0.4 is 15.0 Å². The molecular formula is C18H23N3O3. The molecule has 24 heavy (non-hydrogen) atoms. The van der Waals surface area contributed by atoms with Crippen molar-refractivity contribution in [3.8, 4) is 5.75 Å². The molecule has 1 N–H and O–H groups in total. The summed E-state index contributed by atoms with van der Waals surface area (Å²) < 4.78 is 5.26. The second kappa shape index (κ2) is 5.69. The molecule has 6 heteroatoms. The minimum Gasteiger partial charge on any atom is -0.497 e. The van der Waals surface area contributed by atoms with Crippen LogP contribution in [0.15, 0.2) is 24.3 Å². The number of carbonyl (C=O) groups is 2. The zero-order valence-electron chi connectivity index (χ0n) is 14.0. The smallest absolute Gasteiger partial charge is 0.317 e. The summed E-state index contributed by atoms with van der Waals surface area (Å²) in [5.41, 5.74) is 0.762. The minimum absolute atomic E-state index is 0.0293. The molecule has 2 heterocycles. The summed E-state index contributed by atoms with van der Waals surface area (Å²) in [6.07, 6.45) is 3.58. The molecule has 1 atom stereocenters. The monoisotopic (exact) mass is 329 g/mol. The summed E-state index contributed by atoms with van der Waals surface area (Å²) in [6.45, 7) is 2.07. The van der Waals surface area contributed by atoms with Gasteiger partial charge in [-0.25, -0.2) is 4.79 Å². The lowest BCUT2D eigenvalue weighted by atomic mass is 9.86. The Kier molecular flexibility index (Phi) is 3.62. The van der Waals surface area contributed by atoms with E-state index in [-0.39, 0.29) is 17.4 Å². The zero-order valence-corrected chi connectivity index (χ0v) is 14.0. The van der Waals surface area contributed by atoms with Crippen LogP contribution in [0.25, 0.3) is 0 Å². The largest absolute Gasteiger partial charge is 0.497 e. The van der Waals surface area contributed by atoms with Crippen molar-refractivity contribution < 1.29 is 14.3 Å². The fourth-order valence-electron chi connectivity index (χ4n) is 3.78. The predicted molar refractivity (Wildman–Crippen MR) is 90.1 cm³/mol. The third-order valence-electron chi connectivity index (χ3n) is 5.32. The van der Waals surface area contributed by atoms with Crippen LogP contribution in [-0.2, 0) is 4.79 Å². The third-order valence-corrected chi connectivity index (χ3v) is 5.32. The van der Waals surface area contributed by atoms with Gasteiger partial charge in [0.2, 0.25) is 5.91 Å². The number of likely N-dealkylation sites (tertiary alicyclic amines) is 1. The summed E-state index contributed by atoms with van der Waals surface area (Å²) >= 11 is 0. The summed E-state index contributed by atoms with van der Waals surface area (Å²) in [7, 11) is 1.62. The molecule has 1 aromatic carbocycles.